The third-order valence-corrected chi connectivity index (χ3v) is 4.52. The van der Waals surface area contributed by atoms with E-state index < -0.39 is 0 Å². The summed E-state index contributed by atoms with van der Waals surface area (Å²) in [6, 6.07) is 2.90. The number of aromatic nitrogens is 4. The third-order valence-electron chi connectivity index (χ3n) is 4.52. The number of rotatable bonds is 3. The lowest BCUT2D eigenvalue weighted by Gasteiger charge is -2.31. The van der Waals surface area contributed by atoms with Gasteiger partial charge in [-0.05, 0) is 25.8 Å². The number of aromatic amines is 1. The quantitative estimate of drug-likeness (QED) is 0.805. The van der Waals surface area contributed by atoms with Gasteiger partial charge in [0.15, 0.2) is 5.82 Å². The van der Waals surface area contributed by atoms with E-state index in [0.29, 0.717) is 43.0 Å². The summed E-state index contributed by atoms with van der Waals surface area (Å²) in [5, 5.41) is 13.1. The highest BCUT2D eigenvalue weighted by Crippen LogP contribution is 2.21. The first-order valence-electron chi connectivity index (χ1n) is 8.13. The van der Waals surface area contributed by atoms with E-state index in [-0.39, 0.29) is 23.3 Å². The normalized spacial score (nSPS) is 15.2. The molecule has 0 unspecified atom stereocenters. The van der Waals surface area contributed by atoms with Crippen LogP contribution >= 0.6 is 0 Å². The molecule has 0 radical (unpaired) electrons. The summed E-state index contributed by atoms with van der Waals surface area (Å²) in [5.41, 5.74) is 0.841. The predicted molar refractivity (Wildman–Crippen MR) is 89.4 cm³/mol. The average Bonchev–Trinajstić information content (AvgIpc) is 3.02. The maximum atomic E-state index is 12.8. The van der Waals surface area contributed by atoms with Crippen LogP contribution in [0.1, 0.15) is 28.9 Å². The third kappa shape index (κ3) is 3.30. The van der Waals surface area contributed by atoms with Crippen molar-refractivity contribution in [3.05, 3.63) is 39.9 Å². The standard InChI is InChI=1S/C16H20N6O3/c1-10-12(9-18-22(10)13-3-4-14(23)20-19-13)16(25)21-7-5-11(6-8-21)15(24)17-2/h3-4,9,11H,5-8H2,1-2H3,(H,17,24)(H,20,23). The second-order valence-corrected chi connectivity index (χ2v) is 6.02. The number of amides is 2. The van der Waals surface area contributed by atoms with Crippen LogP contribution in [0.15, 0.2) is 23.1 Å². The fraction of sp³-hybridized carbons (Fsp3) is 0.438. The number of likely N-dealkylation sites (tertiary alicyclic amines) is 1. The Bertz CT molecular complexity index is 827. The van der Waals surface area contributed by atoms with Crippen molar-refractivity contribution in [3.63, 3.8) is 0 Å². The Morgan fingerprint density at radius 2 is 2.00 bits per heavy atom. The number of H-pyrrole nitrogens is 1. The van der Waals surface area contributed by atoms with Crippen molar-refractivity contribution in [2.45, 2.75) is 19.8 Å². The molecule has 0 aromatic carbocycles. The number of carbonyl (C=O) groups excluding carboxylic acids is 2. The van der Waals surface area contributed by atoms with Crippen molar-refractivity contribution < 1.29 is 9.59 Å². The van der Waals surface area contributed by atoms with E-state index in [1.807, 2.05) is 0 Å². The van der Waals surface area contributed by atoms with Crippen LogP contribution in [0, 0.1) is 12.8 Å². The van der Waals surface area contributed by atoms with Crippen LogP contribution in [0.4, 0.5) is 0 Å². The topological polar surface area (TPSA) is 113 Å². The number of hydrogen-bond donors (Lipinski definition) is 2. The molecule has 0 spiro atoms. The van der Waals surface area contributed by atoms with Crippen molar-refractivity contribution in [3.8, 4) is 5.82 Å². The maximum absolute atomic E-state index is 12.8. The minimum absolute atomic E-state index is 0.0280. The molecule has 9 nitrogen and oxygen atoms in total. The Labute approximate surface area is 144 Å². The monoisotopic (exact) mass is 344 g/mol. The van der Waals surface area contributed by atoms with Crippen LogP contribution in [-0.2, 0) is 4.79 Å². The molecule has 132 valence electrons. The van der Waals surface area contributed by atoms with Crippen LogP contribution in [0.3, 0.4) is 0 Å². The molecule has 0 aliphatic carbocycles. The molecule has 2 amide bonds. The fourth-order valence-corrected chi connectivity index (χ4v) is 3.02. The summed E-state index contributed by atoms with van der Waals surface area (Å²) in [7, 11) is 1.63. The van der Waals surface area contributed by atoms with E-state index in [1.165, 1.54) is 16.9 Å². The van der Waals surface area contributed by atoms with Crippen LogP contribution < -0.4 is 10.9 Å². The van der Waals surface area contributed by atoms with Crippen LogP contribution in [0.25, 0.3) is 5.82 Å². The molecular weight excluding hydrogens is 324 g/mol. The van der Waals surface area contributed by atoms with E-state index >= 15 is 0 Å². The zero-order chi connectivity index (χ0) is 18.0. The van der Waals surface area contributed by atoms with Gasteiger partial charge in [-0.25, -0.2) is 9.78 Å². The second-order valence-electron chi connectivity index (χ2n) is 6.02. The highest BCUT2D eigenvalue weighted by atomic mass is 16.2. The minimum Gasteiger partial charge on any atom is -0.359 e. The molecule has 0 atom stereocenters. The van der Waals surface area contributed by atoms with E-state index in [0.717, 1.165) is 0 Å². The molecule has 2 aromatic heterocycles. The van der Waals surface area contributed by atoms with E-state index in [9.17, 15) is 14.4 Å². The maximum Gasteiger partial charge on any atom is 0.264 e. The van der Waals surface area contributed by atoms with Gasteiger partial charge in [0.2, 0.25) is 5.91 Å². The Hall–Kier alpha value is -2.97. The van der Waals surface area contributed by atoms with Gasteiger partial charge >= 0.3 is 0 Å². The van der Waals surface area contributed by atoms with E-state index in [4.69, 9.17) is 0 Å². The number of nitrogens with one attached hydrogen (secondary N) is 2. The van der Waals surface area contributed by atoms with Gasteiger partial charge in [-0.15, -0.1) is 0 Å². The Morgan fingerprint density at radius 3 is 2.60 bits per heavy atom. The van der Waals surface area contributed by atoms with Crippen molar-refractivity contribution in [2.24, 2.45) is 5.92 Å². The second kappa shape index (κ2) is 6.88. The fourth-order valence-electron chi connectivity index (χ4n) is 3.02. The van der Waals surface area contributed by atoms with Crippen LogP contribution in [-0.4, -0.2) is 56.8 Å². The first-order chi connectivity index (χ1) is 12.0. The van der Waals surface area contributed by atoms with Crippen LogP contribution in [0.5, 0.6) is 0 Å². The van der Waals surface area contributed by atoms with Gasteiger partial charge in [0.25, 0.3) is 11.5 Å². The lowest BCUT2D eigenvalue weighted by atomic mass is 9.95. The average molecular weight is 344 g/mol. The summed E-state index contributed by atoms with van der Waals surface area (Å²) in [6.07, 6.45) is 2.81. The molecule has 1 fully saturated rings. The number of hydrogen-bond acceptors (Lipinski definition) is 5. The highest BCUT2D eigenvalue weighted by Gasteiger charge is 2.28. The molecule has 1 aliphatic rings. The zero-order valence-electron chi connectivity index (χ0n) is 14.2. The molecule has 1 saturated heterocycles. The molecular formula is C16H20N6O3. The molecule has 25 heavy (non-hydrogen) atoms. The number of nitrogens with zero attached hydrogens (tertiary/aromatic N) is 4. The van der Waals surface area contributed by atoms with Crippen LogP contribution in [0.2, 0.25) is 0 Å². The molecule has 3 rings (SSSR count). The van der Waals surface area contributed by atoms with Gasteiger partial charge < -0.3 is 10.2 Å². The van der Waals surface area contributed by atoms with Gasteiger partial charge in [-0.2, -0.15) is 10.2 Å². The van der Waals surface area contributed by atoms with Crippen molar-refractivity contribution >= 4 is 11.8 Å². The lowest BCUT2D eigenvalue weighted by Crippen LogP contribution is -2.42. The summed E-state index contributed by atoms with van der Waals surface area (Å²) < 4.78 is 1.51. The molecule has 0 saturated carbocycles. The molecule has 2 aromatic rings. The molecule has 2 N–H and O–H groups in total. The lowest BCUT2D eigenvalue weighted by molar-refractivity contribution is -0.125. The van der Waals surface area contributed by atoms with Crippen molar-refractivity contribution in [1.82, 2.24) is 30.2 Å². The van der Waals surface area contributed by atoms with Crippen molar-refractivity contribution in [1.29, 1.82) is 0 Å². The van der Waals surface area contributed by atoms with Gasteiger partial charge in [0.1, 0.15) is 0 Å². The SMILES string of the molecule is CNC(=O)C1CCN(C(=O)c2cnn(-c3ccc(=O)[nH]n3)c2C)CC1. The first kappa shape index (κ1) is 16.9. The zero-order valence-corrected chi connectivity index (χ0v) is 14.2. The number of piperidine rings is 1. The Balaban J connectivity index is 1.75. The smallest absolute Gasteiger partial charge is 0.264 e. The van der Waals surface area contributed by atoms with E-state index in [1.54, 1.807) is 24.9 Å². The van der Waals surface area contributed by atoms with E-state index in [2.05, 4.69) is 20.6 Å². The van der Waals surface area contributed by atoms with Gasteiger partial charge in [-0.3, -0.25) is 14.4 Å². The highest BCUT2D eigenvalue weighted by molar-refractivity contribution is 5.95. The Morgan fingerprint density at radius 1 is 1.28 bits per heavy atom. The molecule has 0 bridgehead atoms. The minimum atomic E-state index is -0.302. The largest absolute Gasteiger partial charge is 0.359 e. The first-order valence-corrected chi connectivity index (χ1v) is 8.13. The summed E-state index contributed by atoms with van der Waals surface area (Å²) in [6.45, 7) is 2.86. The van der Waals surface area contributed by atoms with Gasteiger partial charge in [0, 0.05) is 32.1 Å². The van der Waals surface area contributed by atoms with Crippen molar-refractivity contribution in [2.75, 3.05) is 20.1 Å². The molecule has 1 aliphatic heterocycles. The molecule has 9 heteroatoms. The molecule has 3 heterocycles. The summed E-state index contributed by atoms with van der Waals surface area (Å²) >= 11 is 0. The predicted octanol–water partition coefficient (Wildman–Crippen LogP) is -0.138. The Kier molecular flexibility index (Phi) is 4.64. The summed E-state index contributed by atoms with van der Waals surface area (Å²) in [5.74, 6) is 0.321. The number of carbonyl (C=O) groups is 2. The summed E-state index contributed by atoms with van der Waals surface area (Å²) in [4.78, 5) is 37.3. The van der Waals surface area contributed by atoms with Gasteiger partial charge in [-0.1, -0.05) is 0 Å². The van der Waals surface area contributed by atoms with Gasteiger partial charge in [0.05, 0.1) is 17.5 Å².